The molecule has 0 saturated carbocycles. The lowest BCUT2D eigenvalue weighted by molar-refractivity contribution is -0.118. The molecule has 104 valence electrons. The minimum Gasteiger partial charge on any atom is -0.294 e. The van der Waals surface area contributed by atoms with Gasteiger partial charge in [0.15, 0.2) is 0 Å². The van der Waals surface area contributed by atoms with Crippen LogP contribution in [0.4, 0.5) is 5.69 Å². The highest BCUT2D eigenvalue weighted by Crippen LogP contribution is 2.29. The van der Waals surface area contributed by atoms with E-state index >= 15 is 0 Å². The van der Waals surface area contributed by atoms with Gasteiger partial charge in [-0.05, 0) is 12.1 Å². The van der Waals surface area contributed by atoms with Crippen molar-refractivity contribution in [1.29, 1.82) is 0 Å². The Labute approximate surface area is 130 Å². The molecule has 0 aliphatic carbocycles. The normalized spacial score (nSPS) is 17.1. The molecule has 8 heteroatoms. The lowest BCUT2D eigenvalue weighted by Crippen LogP contribution is -2.50. The number of amides is 1. The number of carbonyl (C=O) groups excluding carboxylic acids is 1. The average molecular weight is 332 g/mol. The fourth-order valence-corrected chi connectivity index (χ4v) is 2.23. The fourth-order valence-electron chi connectivity index (χ4n) is 2.09. The van der Waals surface area contributed by atoms with Crippen molar-refractivity contribution in [3.8, 4) is 0 Å². The summed E-state index contributed by atoms with van der Waals surface area (Å²) in [5.74, 6) is 0.360. The SMILES string of the molecule is O=C(NC1=Nc2ccccc2C2=NCCN12)C(Cl)(Cl)Cl. The molecule has 0 fully saturated rings. The van der Waals surface area contributed by atoms with Gasteiger partial charge in [-0.2, -0.15) is 0 Å². The number of rotatable bonds is 0. The standard InChI is InChI=1S/C12H9Cl3N4O/c13-12(14,15)10(20)18-11-17-8-4-2-1-3-7(8)9-16-5-6-19(9)11/h1-4H,5-6H2,(H,17,18,20). The van der Waals surface area contributed by atoms with Gasteiger partial charge in [-0.25, -0.2) is 4.99 Å². The van der Waals surface area contributed by atoms with Crippen LogP contribution in [0.1, 0.15) is 5.56 Å². The molecule has 5 nitrogen and oxygen atoms in total. The fraction of sp³-hybridized carbons (Fsp3) is 0.250. The molecule has 0 atom stereocenters. The van der Waals surface area contributed by atoms with Crippen molar-refractivity contribution in [2.75, 3.05) is 13.1 Å². The Morgan fingerprint density at radius 1 is 1.30 bits per heavy atom. The third kappa shape index (κ3) is 2.37. The van der Waals surface area contributed by atoms with Crippen molar-refractivity contribution in [2.45, 2.75) is 3.79 Å². The van der Waals surface area contributed by atoms with Crippen LogP contribution in [0, 0.1) is 0 Å². The lowest BCUT2D eigenvalue weighted by atomic mass is 10.1. The molecule has 1 aromatic carbocycles. The van der Waals surface area contributed by atoms with E-state index in [1.54, 1.807) is 4.90 Å². The van der Waals surface area contributed by atoms with Gasteiger partial charge in [0.1, 0.15) is 5.84 Å². The molecule has 0 radical (unpaired) electrons. The molecular weight excluding hydrogens is 323 g/mol. The van der Waals surface area contributed by atoms with Crippen LogP contribution in [0.15, 0.2) is 34.3 Å². The second-order valence-corrected chi connectivity index (χ2v) is 6.54. The van der Waals surface area contributed by atoms with Gasteiger partial charge in [-0.15, -0.1) is 0 Å². The van der Waals surface area contributed by atoms with Gasteiger partial charge in [0, 0.05) is 12.1 Å². The van der Waals surface area contributed by atoms with E-state index in [0.29, 0.717) is 19.0 Å². The van der Waals surface area contributed by atoms with Crippen LogP contribution in [0.5, 0.6) is 0 Å². The molecule has 2 aliphatic rings. The molecule has 0 spiro atoms. The molecule has 2 aliphatic heterocycles. The van der Waals surface area contributed by atoms with Gasteiger partial charge in [0.25, 0.3) is 9.70 Å². The van der Waals surface area contributed by atoms with E-state index in [1.807, 2.05) is 24.3 Å². The number of hydrogen-bond acceptors (Lipinski definition) is 4. The molecule has 1 N–H and O–H groups in total. The Balaban J connectivity index is 1.98. The zero-order valence-electron chi connectivity index (χ0n) is 10.1. The topological polar surface area (TPSA) is 57.1 Å². The molecule has 1 aromatic rings. The van der Waals surface area contributed by atoms with Crippen LogP contribution in [0.2, 0.25) is 0 Å². The van der Waals surface area contributed by atoms with Gasteiger partial charge < -0.3 is 0 Å². The first-order chi connectivity index (χ1) is 9.47. The van der Waals surface area contributed by atoms with Crippen molar-refractivity contribution in [2.24, 2.45) is 9.98 Å². The number of nitrogens with one attached hydrogen (secondary N) is 1. The van der Waals surface area contributed by atoms with E-state index in [-0.39, 0.29) is 0 Å². The number of fused-ring (bicyclic) bond motifs is 3. The third-order valence-electron chi connectivity index (χ3n) is 2.95. The molecule has 0 aromatic heterocycles. The van der Waals surface area contributed by atoms with Crippen LogP contribution in [-0.2, 0) is 4.79 Å². The quantitative estimate of drug-likeness (QED) is 0.741. The summed E-state index contributed by atoms with van der Waals surface area (Å²) in [5, 5.41) is 2.53. The first kappa shape index (κ1) is 13.7. The second kappa shape index (κ2) is 4.91. The Kier molecular flexibility index (Phi) is 3.36. The average Bonchev–Trinajstić information content (AvgIpc) is 2.87. The number of aliphatic imine (C=N–C) groups is 2. The summed E-state index contributed by atoms with van der Waals surface area (Å²) >= 11 is 16.7. The molecule has 0 unspecified atom stereocenters. The van der Waals surface area contributed by atoms with E-state index in [4.69, 9.17) is 34.8 Å². The molecule has 2 heterocycles. The largest absolute Gasteiger partial charge is 0.294 e. The number of halogens is 3. The summed E-state index contributed by atoms with van der Waals surface area (Å²) in [6.45, 7) is 1.26. The summed E-state index contributed by atoms with van der Waals surface area (Å²) in [5.41, 5.74) is 1.65. The number of amidine groups is 1. The van der Waals surface area contributed by atoms with Crippen LogP contribution in [0.3, 0.4) is 0 Å². The summed E-state index contributed by atoms with van der Waals surface area (Å²) in [6.07, 6.45) is 0. The summed E-state index contributed by atoms with van der Waals surface area (Å²) in [7, 11) is 0. The van der Waals surface area contributed by atoms with E-state index < -0.39 is 9.70 Å². The van der Waals surface area contributed by atoms with Gasteiger partial charge in [-0.3, -0.25) is 20.0 Å². The van der Waals surface area contributed by atoms with Crippen LogP contribution < -0.4 is 5.32 Å². The number of guanidine groups is 1. The number of nitrogens with zero attached hydrogens (tertiary/aromatic N) is 3. The highest BCUT2D eigenvalue weighted by Gasteiger charge is 2.35. The van der Waals surface area contributed by atoms with E-state index in [1.165, 1.54) is 0 Å². The Morgan fingerprint density at radius 2 is 2.05 bits per heavy atom. The van der Waals surface area contributed by atoms with Gasteiger partial charge >= 0.3 is 0 Å². The summed E-state index contributed by atoms with van der Waals surface area (Å²) in [6, 6.07) is 7.55. The maximum Gasteiger partial charge on any atom is 0.278 e. The molecule has 20 heavy (non-hydrogen) atoms. The minimum absolute atomic E-state index is 0.330. The smallest absolute Gasteiger partial charge is 0.278 e. The minimum atomic E-state index is -2.03. The van der Waals surface area contributed by atoms with Gasteiger partial charge in [0.05, 0.1) is 12.2 Å². The maximum absolute atomic E-state index is 11.8. The predicted octanol–water partition coefficient (Wildman–Crippen LogP) is 2.24. The molecule has 0 bridgehead atoms. The van der Waals surface area contributed by atoms with Crippen LogP contribution in [0.25, 0.3) is 0 Å². The van der Waals surface area contributed by atoms with Crippen molar-refractivity contribution in [3.63, 3.8) is 0 Å². The first-order valence-electron chi connectivity index (χ1n) is 5.85. The van der Waals surface area contributed by atoms with Crippen LogP contribution in [-0.4, -0.2) is 39.5 Å². The Morgan fingerprint density at radius 3 is 2.80 bits per heavy atom. The van der Waals surface area contributed by atoms with Crippen molar-refractivity contribution < 1.29 is 4.79 Å². The zero-order chi connectivity index (χ0) is 14.3. The maximum atomic E-state index is 11.8. The lowest BCUT2D eigenvalue weighted by Gasteiger charge is -2.28. The Hall–Kier alpha value is -1.30. The number of alkyl halides is 3. The van der Waals surface area contributed by atoms with Crippen LogP contribution >= 0.6 is 34.8 Å². The molecule has 0 saturated heterocycles. The molecule has 3 rings (SSSR count). The van der Waals surface area contributed by atoms with Crippen molar-refractivity contribution in [3.05, 3.63) is 29.8 Å². The van der Waals surface area contributed by atoms with Crippen molar-refractivity contribution >= 4 is 58.2 Å². The zero-order valence-corrected chi connectivity index (χ0v) is 12.4. The number of benzene rings is 1. The monoisotopic (exact) mass is 330 g/mol. The summed E-state index contributed by atoms with van der Waals surface area (Å²) in [4.78, 5) is 22.4. The predicted molar refractivity (Wildman–Crippen MR) is 80.1 cm³/mol. The van der Waals surface area contributed by atoms with Gasteiger partial charge in [-0.1, -0.05) is 46.9 Å². The Bertz CT molecular complexity index is 636. The van der Waals surface area contributed by atoms with E-state index in [2.05, 4.69) is 15.3 Å². The summed E-state index contributed by atoms with van der Waals surface area (Å²) < 4.78 is -2.03. The van der Waals surface area contributed by atoms with E-state index in [9.17, 15) is 4.79 Å². The highest BCUT2D eigenvalue weighted by atomic mass is 35.6. The molecule has 1 amide bonds. The number of carbonyl (C=O) groups is 1. The third-order valence-corrected chi connectivity index (χ3v) is 3.47. The van der Waals surface area contributed by atoms with Gasteiger partial charge in [0.2, 0.25) is 5.96 Å². The first-order valence-corrected chi connectivity index (χ1v) is 6.98. The number of para-hydroxylation sites is 1. The second-order valence-electron chi connectivity index (χ2n) is 4.26. The van der Waals surface area contributed by atoms with E-state index in [0.717, 1.165) is 17.1 Å². The highest BCUT2D eigenvalue weighted by molar-refractivity contribution is 6.76. The number of hydrogen-bond donors (Lipinski definition) is 1. The van der Waals surface area contributed by atoms with Crippen molar-refractivity contribution in [1.82, 2.24) is 10.2 Å². The molecular formula is C12H9Cl3N4O.